The van der Waals surface area contributed by atoms with Crippen molar-refractivity contribution in [2.45, 2.75) is 45.1 Å². The molecule has 0 bridgehead atoms. The van der Waals surface area contributed by atoms with E-state index in [4.69, 9.17) is 4.52 Å². The van der Waals surface area contributed by atoms with Crippen LogP contribution in [0.4, 0.5) is 0 Å². The number of aryl methyl sites for hydroxylation is 1. The van der Waals surface area contributed by atoms with Crippen LogP contribution in [0.1, 0.15) is 54.6 Å². The molecule has 1 saturated heterocycles. The lowest BCUT2D eigenvalue weighted by molar-refractivity contribution is 0.369. The lowest BCUT2D eigenvalue weighted by atomic mass is 10.1. The number of aromatic nitrogens is 2. The molecule has 1 aliphatic heterocycles. The highest BCUT2D eigenvalue weighted by atomic mass is 16.5. The zero-order chi connectivity index (χ0) is 13.8. The van der Waals surface area contributed by atoms with Gasteiger partial charge < -0.3 is 9.84 Å². The van der Waals surface area contributed by atoms with Crippen LogP contribution in [0, 0.1) is 6.92 Å². The molecule has 1 aromatic carbocycles. The summed E-state index contributed by atoms with van der Waals surface area (Å²) in [5.74, 6) is 1.52. The first kappa shape index (κ1) is 13.3. The summed E-state index contributed by atoms with van der Waals surface area (Å²) in [6.45, 7) is 3.14. The standard InChI is InChI=1S/C16H21N3O/c1-12-6-8-13(9-7-12)11-15-18-16(19-20-15)14-5-3-2-4-10-17-14/h6-9,14,17H,2-5,10-11H2,1H3. The van der Waals surface area contributed by atoms with Crippen molar-refractivity contribution in [2.75, 3.05) is 6.54 Å². The van der Waals surface area contributed by atoms with E-state index < -0.39 is 0 Å². The van der Waals surface area contributed by atoms with Crippen LogP contribution in [-0.2, 0) is 6.42 Å². The fourth-order valence-electron chi connectivity index (χ4n) is 2.61. The van der Waals surface area contributed by atoms with Crippen molar-refractivity contribution >= 4 is 0 Å². The number of nitrogens with one attached hydrogen (secondary N) is 1. The van der Waals surface area contributed by atoms with E-state index in [1.54, 1.807) is 0 Å². The van der Waals surface area contributed by atoms with Gasteiger partial charge in [0.15, 0.2) is 5.82 Å². The Labute approximate surface area is 119 Å². The Bertz CT molecular complexity index is 539. The quantitative estimate of drug-likeness (QED) is 0.931. The molecule has 4 heteroatoms. The summed E-state index contributed by atoms with van der Waals surface area (Å²) < 4.78 is 5.39. The third kappa shape index (κ3) is 3.25. The zero-order valence-electron chi connectivity index (χ0n) is 11.9. The Morgan fingerprint density at radius 1 is 1.20 bits per heavy atom. The topological polar surface area (TPSA) is 51.0 Å². The molecule has 0 saturated carbocycles. The SMILES string of the molecule is Cc1ccc(Cc2nc(C3CCCCCN3)no2)cc1. The van der Waals surface area contributed by atoms with Crippen LogP contribution < -0.4 is 5.32 Å². The number of rotatable bonds is 3. The van der Waals surface area contributed by atoms with Gasteiger partial charge in [-0.15, -0.1) is 0 Å². The normalized spacial score (nSPS) is 19.8. The summed E-state index contributed by atoms with van der Waals surface area (Å²) in [6, 6.07) is 8.71. The summed E-state index contributed by atoms with van der Waals surface area (Å²) in [4.78, 5) is 4.55. The summed E-state index contributed by atoms with van der Waals surface area (Å²) in [6.07, 6.45) is 5.57. The van der Waals surface area contributed by atoms with E-state index in [0.29, 0.717) is 12.3 Å². The fourth-order valence-corrected chi connectivity index (χ4v) is 2.61. The minimum atomic E-state index is 0.257. The van der Waals surface area contributed by atoms with Crippen molar-refractivity contribution in [2.24, 2.45) is 0 Å². The molecule has 2 aromatic rings. The molecule has 1 aliphatic rings. The van der Waals surface area contributed by atoms with E-state index in [2.05, 4.69) is 46.6 Å². The fraction of sp³-hybridized carbons (Fsp3) is 0.500. The maximum absolute atomic E-state index is 5.39. The van der Waals surface area contributed by atoms with Gasteiger partial charge in [-0.25, -0.2) is 0 Å². The molecule has 4 nitrogen and oxygen atoms in total. The minimum absolute atomic E-state index is 0.257. The van der Waals surface area contributed by atoms with Crippen LogP contribution in [0.25, 0.3) is 0 Å². The summed E-state index contributed by atoms with van der Waals surface area (Å²) in [7, 11) is 0. The van der Waals surface area contributed by atoms with Crippen LogP contribution in [0.3, 0.4) is 0 Å². The molecule has 1 unspecified atom stereocenters. The molecule has 3 rings (SSSR count). The highest BCUT2D eigenvalue weighted by molar-refractivity contribution is 5.23. The van der Waals surface area contributed by atoms with E-state index in [1.807, 2.05) is 0 Å². The molecule has 0 amide bonds. The van der Waals surface area contributed by atoms with Gasteiger partial charge in [0.1, 0.15) is 0 Å². The van der Waals surface area contributed by atoms with Crippen LogP contribution in [0.5, 0.6) is 0 Å². The van der Waals surface area contributed by atoms with Crippen molar-refractivity contribution in [3.8, 4) is 0 Å². The van der Waals surface area contributed by atoms with Crippen LogP contribution >= 0.6 is 0 Å². The zero-order valence-corrected chi connectivity index (χ0v) is 11.9. The van der Waals surface area contributed by atoms with Crippen molar-refractivity contribution in [1.29, 1.82) is 0 Å². The van der Waals surface area contributed by atoms with Gasteiger partial charge in [-0.2, -0.15) is 4.98 Å². The molecule has 0 radical (unpaired) electrons. The van der Waals surface area contributed by atoms with Crippen LogP contribution in [0.2, 0.25) is 0 Å². The lowest BCUT2D eigenvalue weighted by Crippen LogP contribution is -2.21. The van der Waals surface area contributed by atoms with Gasteiger partial charge in [0, 0.05) is 0 Å². The van der Waals surface area contributed by atoms with Crippen molar-refractivity contribution in [3.63, 3.8) is 0 Å². The van der Waals surface area contributed by atoms with Gasteiger partial charge in [0.05, 0.1) is 12.5 Å². The van der Waals surface area contributed by atoms with Crippen molar-refractivity contribution in [3.05, 3.63) is 47.1 Å². The van der Waals surface area contributed by atoms with Gasteiger partial charge in [0.2, 0.25) is 5.89 Å². The highest BCUT2D eigenvalue weighted by Gasteiger charge is 2.19. The molecular weight excluding hydrogens is 250 g/mol. The summed E-state index contributed by atoms with van der Waals surface area (Å²) in [5, 5.41) is 7.64. The second-order valence-electron chi connectivity index (χ2n) is 5.56. The Kier molecular flexibility index (Phi) is 4.11. The van der Waals surface area contributed by atoms with Gasteiger partial charge in [-0.05, 0) is 31.9 Å². The molecule has 1 aromatic heterocycles. The molecule has 106 valence electrons. The molecule has 20 heavy (non-hydrogen) atoms. The largest absolute Gasteiger partial charge is 0.339 e. The Morgan fingerprint density at radius 2 is 2.05 bits per heavy atom. The van der Waals surface area contributed by atoms with E-state index in [0.717, 1.165) is 18.8 Å². The Balaban J connectivity index is 1.68. The first-order chi connectivity index (χ1) is 9.81. The van der Waals surface area contributed by atoms with Crippen molar-refractivity contribution in [1.82, 2.24) is 15.5 Å². The van der Waals surface area contributed by atoms with E-state index in [-0.39, 0.29) is 6.04 Å². The second kappa shape index (κ2) is 6.18. The van der Waals surface area contributed by atoms with E-state index in [1.165, 1.54) is 30.4 Å². The van der Waals surface area contributed by atoms with Crippen LogP contribution in [-0.4, -0.2) is 16.7 Å². The first-order valence-corrected chi connectivity index (χ1v) is 7.43. The number of nitrogens with zero attached hydrogens (tertiary/aromatic N) is 2. The number of hydrogen-bond donors (Lipinski definition) is 1. The third-order valence-corrected chi connectivity index (χ3v) is 3.83. The average molecular weight is 271 g/mol. The van der Waals surface area contributed by atoms with Gasteiger partial charge >= 0.3 is 0 Å². The maximum atomic E-state index is 5.39. The summed E-state index contributed by atoms with van der Waals surface area (Å²) in [5.41, 5.74) is 2.47. The van der Waals surface area contributed by atoms with Gasteiger partial charge in [-0.1, -0.05) is 47.8 Å². The Hall–Kier alpha value is -1.68. The monoisotopic (exact) mass is 271 g/mol. The molecule has 2 heterocycles. The summed E-state index contributed by atoms with van der Waals surface area (Å²) >= 11 is 0. The van der Waals surface area contributed by atoms with E-state index >= 15 is 0 Å². The first-order valence-electron chi connectivity index (χ1n) is 7.43. The van der Waals surface area contributed by atoms with Gasteiger partial charge in [0.25, 0.3) is 0 Å². The predicted molar refractivity (Wildman–Crippen MR) is 77.5 cm³/mol. The highest BCUT2D eigenvalue weighted by Crippen LogP contribution is 2.21. The molecular formula is C16H21N3O. The predicted octanol–water partition coefficient (Wildman–Crippen LogP) is 3.17. The van der Waals surface area contributed by atoms with Crippen LogP contribution in [0.15, 0.2) is 28.8 Å². The molecule has 1 N–H and O–H groups in total. The maximum Gasteiger partial charge on any atom is 0.231 e. The Morgan fingerprint density at radius 3 is 2.90 bits per heavy atom. The smallest absolute Gasteiger partial charge is 0.231 e. The molecule has 1 atom stereocenters. The molecule has 0 aliphatic carbocycles. The average Bonchev–Trinajstić information content (AvgIpc) is 2.74. The van der Waals surface area contributed by atoms with Gasteiger partial charge in [-0.3, -0.25) is 0 Å². The van der Waals surface area contributed by atoms with E-state index in [9.17, 15) is 0 Å². The second-order valence-corrected chi connectivity index (χ2v) is 5.56. The lowest BCUT2D eigenvalue weighted by Gasteiger charge is -2.09. The molecule has 1 fully saturated rings. The minimum Gasteiger partial charge on any atom is -0.339 e. The van der Waals surface area contributed by atoms with Crippen molar-refractivity contribution < 1.29 is 4.52 Å². The molecule has 0 spiro atoms. The third-order valence-electron chi connectivity index (χ3n) is 3.83. The number of benzene rings is 1. The number of hydrogen-bond acceptors (Lipinski definition) is 4.